The molecule has 0 radical (unpaired) electrons. The Kier molecular flexibility index (Phi) is 7.86. The largest absolute Gasteiger partial charge is 0.506 e. The zero-order chi connectivity index (χ0) is 27.8. The number of phenols is 1. The minimum Gasteiger partial charge on any atom is -0.506 e. The monoisotopic (exact) mass is 530 g/mol. The third kappa shape index (κ3) is 6.18. The van der Waals surface area contributed by atoms with Gasteiger partial charge in [-0.3, -0.25) is 0 Å². The minimum atomic E-state index is -4.53. The Morgan fingerprint density at radius 2 is 1.19 bits per heavy atom. The fourth-order valence-electron chi connectivity index (χ4n) is 6.15. The quantitative estimate of drug-likeness (QED) is 0.316. The van der Waals surface area contributed by atoms with E-state index in [-0.39, 0.29) is 44.3 Å². The lowest BCUT2D eigenvalue weighted by Gasteiger charge is -2.52. The lowest BCUT2D eigenvalue weighted by atomic mass is 9.52. The van der Waals surface area contributed by atoms with Gasteiger partial charge in [0.05, 0.1) is 10.6 Å². The molecular formula is C30H34ClF3N2O. The summed E-state index contributed by atoms with van der Waals surface area (Å²) < 4.78 is 39.4. The first kappa shape index (κ1) is 28.7. The smallest absolute Gasteiger partial charge is 0.416 e. The molecule has 1 unspecified atom stereocenters. The molecule has 3 aromatic carbocycles. The standard InChI is InChI=1S/C30H34ClF3N2O/c1-27(2,3)26(28(4,5)19-11-9-8-10-12-19)29(6,7)20-14-16-25(37)24(17-20)36-35-23-18-21(30(32,33)34)13-15-22(23)31/h8-18,26,37H,1-7H3. The predicted octanol–water partition coefficient (Wildman–Crippen LogP) is 10.4. The molecule has 3 rings (SSSR count). The van der Waals surface area contributed by atoms with Crippen molar-refractivity contribution in [1.29, 1.82) is 0 Å². The maximum atomic E-state index is 13.1. The van der Waals surface area contributed by atoms with Crippen LogP contribution in [0.3, 0.4) is 0 Å². The Hall–Kier alpha value is -2.86. The van der Waals surface area contributed by atoms with E-state index < -0.39 is 11.7 Å². The molecule has 3 aromatic rings. The molecule has 0 amide bonds. The van der Waals surface area contributed by atoms with Crippen LogP contribution in [0.25, 0.3) is 0 Å². The van der Waals surface area contributed by atoms with Crippen LogP contribution >= 0.6 is 11.6 Å². The number of alkyl halides is 3. The van der Waals surface area contributed by atoms with Crippen molar-refractivity contribution < 1.29 is 18.3 Å². The van der Waals surface area contributed by atoms with E-state index in [4.69, 9.17) is 11.6 Å². The number of halogens is 4. The molecule has 0 heterocycles. The highest BCUT2D eigenvalue weighted by molar-refractivity contribution is 6.33. The summed E-state index contributed by atoms with van der Waals surface area (Å²) in [5.74, 6) is 0.0168. The van der Waals surface area contributed by atoms with Crippen LogP contribution in [-0.2, 0) is 17.0 Å². The van der Waals surface area contributed by atoms with Crippen LogP contribution < -0.4 is 0 Å². The fraction of sp³-hybridized carbons (Fsp3) is 0.400. The van der Waals surface area contributed by atoms with Crippen LogP contribution in [0.5, 0.6) is 5.75 Å². The molecule has 0 saturated carbocycles. The topological polar surface area (TPSA) is 45.0 Å². The Bertz CT molecular complexity index is 1280. The van der Waals surface area contributed by atoms with Crippen molar-refractivity contribution >= 4 is 23.0 Å². The van der Waals surface area contributed by atoms with Gasteiger partial charge >= 0.3 is 6.18 Å². The number of phenolic OH excluding ortho intramolecular Hbond substituents is 1. The van der Waals surface area contributed by atoms with E-state index in [1.807, 2.05) is 24.3 Å². The summed E-state index contributed by atoms with van der Waals surface area (Å²) >= 11 is 6.07. The summed E-state index contributed by atoms with van der Waals surface area (Å²) in [5.41, 5.74) is 0.605. The second-order valence-corrected chi connectivity index (χ2v) is 12.1. The number of nitrogens with zero attached hydrogens (tertiary/aromatic N) is 2. The van der Waals surface area contributed by atoms with E-state index in [0.29, 0.717) is 0 Å². The van der Waals surface area contributed by atoms with Crippen molar-refractivity contribution in [3.8, 4) is 5.75 Å². The number of benzene rings is 3. The van der Waals surface area contributed by atoms with Crippen LogP contribution in [0.1, 0.15) is 65.2 Å². The van der Waals surface area contributed by atoms with E-state index in [0.717, 1.165) is 23.8 Å². The van der Waals surface area contributed by atoms with E-state index >= 15 is 0 Å². The molecular weight excluding hydrogens is 497 g/mol. The van der Waals surface area contributed by atoms with E-state index in [2.05, 4.69) is 70.8 Å². The Morgan fingerprint density at radius 1 is 0.676 bits per heavy atom. The molecule has 0 aliphatic heterocycles. The number of rotatable bonds is 6. The summed E-state index contributed by atoms with van der Waals surface area (Å²) in [6.07, 6.45) is -4.53. The van der Waals surface area contributed by atoms with E-state index in [1.54, 1.807) is 12.1 Å². The first-order valence-corrected chi connectivity index (χ1v) is 12.5. The molecule has 1 atom stereocenters. The van der Waals surface area contributed by atoms with Gasteiger partial charge in [-0.15, -0.1) is 10.2 Å². The third-order valence-electron chi connectivity index (χ3n) is 7.09. The highest BCUT2D eigenvalue weighted by Crippen LogP contribution is 2.53. The maximum Gasteiger partial charge on any atom is 0.416 e. The van der Waals surface area contributed by atoms with Gasteiger partial charge < -0.3 is 5.11 Å². The molecule has 3 nitrogen and oxygen atoms in total. The van der Waals surface area contributed by atoms with Gasteiger partial charge in [-0.05, 0) is 63.6 Å². The average molecular weight is 531 g/mol. The Morgan fingerprint density at radius 3 is 1.76 bits per heavy atom. The van der Waals surface area contributed by atoms with Gasteiger partial charge in [0.25, 0.3) is 0 Å². The van der Waals surface area contributed by atoms with Gasteiger partial charge in [-0.2, -0.15) is 13.2 Å². The fourth-order valence-corrected chi connectivity index (χ4v) is 6.30. The van der Waals surface area contributed by atoms with Gasteiger partial charge in [0.1, 0.15) is 17.1 Å². The Labute approximate surface area is 222 Å². The highest BCUT2D eigenvalue weighted by atomic mass is 35.5. The van der Waals surface area contributed by atoms with E-state index in [9.17, 15) is 18.3 Å². The first-order chi connectivity index (χ1) is 17.0. The normalized spacial score (nSPS) is 14.2. The van der Waals surface area contributed by atoms with Crippen molar-refractivity contribution in [2.45, 2.75) is 65.5 Å². The molecule has 7 heteroatoms. The maximum absolute atomic E-state index is 13.1. The summed E-state index contributed by atoms with van der Waals surface area (Å²) in [6, 6.07) is 18.4. The van der Waals surface area contributed by atoms with Crippen LogP contribution in [0.15, 0.2) is 77.0 Å². The average Bonchev–Trinajstić information content (AvgIpc) is 2.77. The molecule has 0 fully saturated rings. The van der Waals surface area contributed by atoms with Gasteiger partial charge in [0, 0.05) is 0 Å². The number of azo groups is 1. The van der Waals surface area contributed by atoms with Crippen molar-refractivity contribution in [1.82, 2.24) is 0 Å². The SMILES string of the molecule is CC(C)(C)C(C(C)(C)c1ccccc1)C(C)(C)c1ccc(O)c(N=Nc2cc(C(F)(F)F)ccc2Cl)c1. The summed E-state index contributed by atoms with van der Waals surface area (Å²) in [7, 11) is 0. The zero-order valence-corrected chi connectivity index (χ0v) is 23.0. The molecule has 0 spiro atoms. The second kappa shape index (κ2) is 10.1. The zero-order valence-electron chi connectivity index (χ0n) is 22.3. The molecule has 198 valence electrons. The predicted molar refractivity (Wildman–Crippen MR) is 144 cm³/mol. The lowest BCUT2D eigenvalue weighted by molar-refractivity contribution is -0.137. The molecule has 0 aliphatic rings. The Balaban J connectivity index is 2.07. The number of aromatic hydroxyl groups is 1. The summed E-state index contributed by atoms with van der Waals surface area (Å²) in [5, 5.41) is 18.6. The summed E-state index contributed by atoms with van der Waals surface area (Å²) in [4.78, 5) is 0. The van der Waals surface area contributed by atoms with Crippen LogP contribution in [0.4, 0.5) is 24.5 Å². The summed E-state index contributed by atoms with van der Waals surface area (Å²) in [6.45, 7) is 15.5. The van der Waals surface area contributed by atoms with Crippen molar-refractivity contribution in [3.63, 3.8) is 0 Å². The minimum absolute atomic E-state index is 0.0325. The van der Waals surface area contributed by atoms with Gasteiger partial charge in [0.2, 0.25) is 0 Å². The molecule has 1 N–H and O–H groups in total. The number of hydrogen-bond acceptors (Lipinski definition) is 3. The number of hydrogen-bond donors (Lipinski definition) is 1. The van der Waals surface area contributed by atoms with Crippen LogP contribution in [0.2, 0.25) is 5.02 Å². The van der Waals surface area contributed by atoms with Crippen LogP contribution in [0, 0.1) is 11.3 Å². The molecule has 0 bridgehead atoms. The second-order valence-electron chi connectivity index (χ2n) is 11.7. The molecule has 37 heavy (non-hydrogen) atoms. The third-order valence-corrected chi connectivity index (χ3v) is 7.41. The van der Waals surface area contributed by atoms with Gasteiger partial charge in [-0.25, -0.2) is 0 Å². The van der Waals surface area contributed by atoms with E-state index in [1.165, 1.54) is 5.56 Å². The van der Waals surface area contributed by atoms with Gasteiger partial charge in [0.15, 0.2) is 0 Å². The van der Waals surface area contributed by atoms with Crippen LogP contribution in [-0.4, -0.2) is 5.11 Å². The lowest BCUT2D eigenvalue weighted by Crippen LogP contribution is -2.49. The van der Waals surface area contributed by atoms with Crippen molar-refractivity contribution in [2.24, 2.45) is 21.6 Å². The van der Waals surface area contributed by atoms with Crippen molar-refractivity contribution in [2.75, 3.05) is 0 Å². The molecule has 0 aromatic heterocycles. The first-order valence-electron chi connectivity index (χ1n) is 12.1. The van der Waals surface area contributed by atoms with Crippen molar-refractivity contribution in [3.05, 3.63) is 88.4 Å². The van der Waals surface area contributed by atoms with Gasteiger partial charge in [-0.1, -0.05) is 96.5 Å². The molecule has 0 aliphatic carbocycles. The highest BCUT2D eigenvalue weighted by Gasteiger charge is 2.48. The molecule has 0 saturated heterocycles.